The Labute approximate surface area is 166 Å². The number of nitrogens with one attached hydrogen (secondary N) is 1. The van der Waals surface area contributed by atoms with Crippen molar-refractivity contribution in [1.29, 1.82) is 0 Å². The van der Waals surface area contributed by atoms with Crippen molar-refractivity contribution in [3.63, 3.8) is 0 Å². The molecule has 1 atom stereocenters. The zero-order valence-electron chi connectivity index (χ0n) is 15.2. The number of rotatable bonds is 5. The molecule has 2 amide bonds. The van der Waals surface area contributed by atoms with Crippen molar-refractivity contribution >= 4 is 46.1 Å². The Balaban J connectivity index is 1.76. The van der Waals surface area contributed by atoms with Crippen LogP contribution in [0.5, 0.6) is 0 Å². The predicted molar refractivity (Wildman–Crippen MR) is 109 cm³/mol. The van der Waals surface area contributed by atoms with Crippen molar-refractivity contribution in [2.24, 2.45) is 4.99 Å². The summed E-state index contributed by atoms with van der Waals surface area (Å²) in [6.45, 7) is 2.34. The van der Waals surface area contributed by atoms with Gasteiger partial charge in [0.15, 0.2) is 5.17 Å². The third-order valence-corrected chi connectivity index (χ3v) is 5.32. The first-order valence-corrected chi connectivity index (χ1v) is 9.61. The fourth-order valence-corrected chi connectivity index (χ4v) is 3.85. The number of hydrogen-bond acceptors (Lipinski definition) is 5. The third-order valence-electron chi connectivity index (χ3n) is 4.13. The van der Waals surface area contributed by atoms with Crippen LogP contribution in [-0.4, -0.2) is 44.8 Å². The van der Waals surface area contributed by atoms with E-state index in [-0.39, 0.29) is 23.8 Å². The maximum absolute atomic E-state index is 12.7. The molecule has 1 fully saturated rings. The summed E-state index contributed by atoms with van der Waals surface area (Å²) in [6.07, 6.45) is 0.0748. The van der Waals surface area contributed by atoms with Crippen LogP contribution in [-0.2, 0) is 9.59 Å². The number of anilines is 1. The molecule has 2 aromatic carbocycles. The fraction of sp³-hybridized carbons (Fsp3) is 0.200. The van der Waals surface area contributed by atoms with Crippen LogP contribution in [0.2, 0.25) is 0 Å². The Morgan fingerprint density at radius 2 is 1.86 bits per heavy atom. The summed E-state index contributed by atoms with van der Waals surface area (Å²) in [5.41, 5.74) is 1.32. The van der Waals surface area contributed by atoms with Crippen LogP contribution in [0.25, 0.3) is 0 Å². The topological polar surface area (TPSA) is 99.1 Å². The van der Waals surface area contributed by atoms with E-state index in [0.29, 0.717) is 23.1 Å². The summed E-state index contributed by atoms with van der Waals surface area (Å²) < 4.78 is 0. The van der Waals surface area contributed by atoms with E-state index < -0.39 is 11.2 Å². The summed E-state index contributed by atoms with van der Waals surface area (Å²) in [4.78, 5) is 42.2. The number of carboxylic acids is 1. The molecule has 2 aromatic rings. The largest absolute Gasteiger partial charge is 0.478 e. The number of carbonyl (C=O) groups excluding carboxylic acids is 2. The van der Waals surface area contributed by atoms with E-state index >= 15 is 0 Å². The van der Waals surface area contributed by atoms with Crippen molar-refractivity contribution in [2.75, 3.05) is 11.9 Å². The van der Waals surface area contributed by atoms with Gasteiger partial charge in [0.05, 0.1) is 11.3 Å². The molecule has 1 saturated heterocycles. The second-order valence-corrected chi connectivity index (χ2v) is 7.22. The van der Waals surface area contributed by atoms with Crippen LogP contribution in [0.1, 0.15) is 23.7 Å². The number of thioether (sulfide) groups is 1. The number of hydrogen-bond donors (Lipinski definition) is 2. The fourth-order valence-electron chi connectivity index (χ4n) is 2.68. The van der Waals surface area contributed by atoms with Gasteiger partial charge >= 0.3 is 5.97 Å². The Morgan fingerprint density at radius 3 is 2.46 bits per heavy atom. The lowest BCUT2D eigenvalue weighted by atomic mass is 10.2. The maximum atomic E-state index is 12.7. The van der Waals surface area contributed by atoms with E-state index in [1.54, 1.807) is 4.90 Å². The summed E-state index contributed by atoms with van der Waals surface area (Å²) in [5, 5.41) is 11.6. The van der Waals surface area contributed by atoms with Gasteiger partial charge < -0.3 is 10.4 Å². The van der Waals surface area contributed by atoms with E-state index in [0.717, 1.165) is 0 Å². The molecule has 1 aliphatic heterocycles. The SMILES string of the molecule is CCN1C(=O)C[C@H](C(=O)Nc2ccc(C(=O)O)cc2)SC1=Nc1ccccc1. The van der Waals surface area contributed by atoms with Crippen LogP contribution in [0.3, 0.4) is 0 Å². The van der Waals surface area contributed by atoms with Crippen LogP contribution in [0.4, 0.5) is 11.4 Å². The lowest BCUT2D eigenvalue weighted by Crippen LogP contribution is -2.45. The molecular weight excluding hydrogens is 378 g/mol. The summed E-state index contributed by atoms with van der Waals surface area (Å²) >= 11 is 1.25. The molecule has 0 aliphatic carbocycles. The first kappa shape index (κ1) is 19.6. The summed E-state index contributed by atoms with van der Waals surface area (Å²) in [6, 6.07) is 15.1. The van der Waals surface area contributed by atoms with Gasteiger partial charge in [-0.25, -0.2) is 9.79 Å². The van der Waals surface area contributed by atoms with Gasteiger partial charge in [0.25, 0.3) is 0 Å². The Hall–Kier alpha value is -3.13. The van der Waals surface area contributed by atoms with E-state index in [9.17, 15) is 14.4 Å². The average molecular weight is 397 g/mol. The highest BCUT2D eigenvalue weighted by atomic mass is 32.2. The van der Waals surface area contributed by atoms with Gasteiger partial charge in [0.1, 0.15) is 5.25 Å². The zero-order valence-corrected chi connectivity index (χ0v) is 16.0. The van der Waals surface area contributed by atoms with Gasteiger partial charge in [-0.3, -0.25) is 14.5 Å². The quantitative estimate of drug-likeness (QED) is 0.806. The molecule has 0 aromatic heterocycles. The van der Waals surface area contributed by atoms with Crippen LogP contribution >= 0.6 is 11.8 Å². The molecule has 0 unspecified atom stereocenters. The van der Waals surface area contributed by atoms with Crippen LogP contribution < -0.4 is 5.32 Å². The predicted octanol–water partition coefficient (Wildman–Crippen LogP) is 3.37. The van der Waals surface area contributed by atoms with E-state index in [2.05, 4.69) is 10.3 Å². The zero-order chi connectivity index (χ0) is 20.1. The molecule has 7 nitrogen and oxygen atoms in total. The van der Waals surface area contributed by atoms with Gasteiger partial charge in [0.2, 0.25) is 11.8 Å². The van der Waals surface area contributed by atoms with Crippen molar-refractivity contribution in [1.82, 2.24) is 4.90 Å². The molecule has 1 aliphatic rings. The van der Waals surface area contributed by atoms with Gasteiger partial charge in [-0.05, 0) is 43.3 Å². The Bertz CT molecular complexity index is 913. The lowest BCUT2D eigenvalue weighted by molar-refractivity contribution is -0.129. The Kier molecular flexibility index (Phi) is 6.10. The number of para-hydroxylation sites is 1. The molecule has 3 rings (SSSR count). The molecule has 1 heterocycles. The molecule has 0 spiro atoms. The first-order chi connectivity index (χ1) is 13.5. The van der Waals surface area contributed by atoms with Crippen molar-refractivity contribution in [3.8, 4) is 0 Å². The lowest BCUT2D eigenvalue weighted by Gasteiger charge is -2.30. The standard InChI is InChI=1S/C20H19N3O4S/c1-2-23-17(24)12-16(28-20(23)22-14-6-4-3-5-7-14)18(25)21-15-10-8-13(9-11-15)19(26)27/h3-11,16H,2,12H2,1H3,(H,21,25)(H,26,27)/t16-/m1/s1. The number of carboxylic acid groups (broad SMARTS) is 1. The highest BCUT2D eigenvalue weighted by Gasteiger charge is 2.35. The highest BCUT2D eigenvalue weighted by Crippen LogP contribution is 2.29. The normalized spacial score (nSPS) is 18.2. The number of amidine groups is 1. The van der Waals surface area contributed by atoms with Gasteiger partial charge in [-0.15, -0.1) is 0 Å². The van der Waals surface area contributed by atoms with Gasteiger partial charge in [-0.2, -0.15) is 0 Å². The maximum Gasteiger partial charge on any atom is 0.335 e. The van der Waals surface area contributed by atoms with Gasteiger partial charge in [0, 0.05) is 18.7 Å². The molecule has 2 N–H and O–H groups in total. The molecule has 0 saturated carbocycles. The molecule has 8 heteroatoms. The monoisotopic (exact) mass is 397 g/mol. The Morgan fingerprint density at radius 1 is 1.18 bits per heavy atom. The second kappa shape index (κ2) is 8.71. The van der Waals surface area contributed by atoms with Crippen molar-refractivity contribution < 1.29 is 19.5 Å². The van der Waals surface area contributed by atoms with Crippen LogP contribution in [0.15, 0.2) is 59.6 Å². The number of aromatic carboxylic acids is 1. The number of benzene rings is 2. The summed E-state index contributed by atoms with van der Waals surface area (Å²) in [7, 11) is 0. The van der Waals surface area contributed by atoms with E-state index in [1.165, 1.54) is 36.0 Å². The molecule has 0 radical (unpaired) electrons. The molecule has 0 bridgehead atoms. The van der Waals surface area contributed by atoms with Gasteiger partial charge in [-0.1, -0.05) is 30.0 Å². The van der Waals surface area contributed by atoms with Crippen molar-refractivity contribution in [3.05, 3.63) is 60.2 Å². The summed E-state index contributed by atoms with van der Waals surface area (Å²) in [5.74, 6) is -1.51. The minimum Gasteiger partial charge on any atom is -0.478 e. The number of carbonyl (C=O) groups is 3. The minimum absolute atomic E-state index is 0.0748. The molecule has 144 valence electrons. The van der Waals surface area contributed by atoms with E-state index in [4.69, 9.17) is 5.11 Å². The number of aliphatic imine (C=N–C) groups is 1. The molecular formula is C20H19N3O4S. The second-order valence-electron chi connectivity index (χ2n) is 6.05. The van der Waals surface area contributed by atoms with Crippen molar-refractivity contribution in [2.45, 2.75) is 18.6 Å². The smallest absolute Gasteiger partial charge is 0.335 e. The average Bonchev–Trinajstić information content (AvgIpc) is 2.69. The number of nitrogens with zero attached hydrogens (tertiary/aromatic N) is 2. The van der Waals surface area contributed by atoms with Crippen LogP contribution in [0, 0.1) is 0 Å². The molecule has 28 heavy (non-hydrogen) atoms. The first-order valence-electron chi connectivity index (χ1n) is 8.73. The third kappa shape index (κ3) is 4.58. The number of amides is 2. The minimum atomic E-state index is -1.03. The highest BCUT2D eigenvalue weighted by molar-refractivity contribution is 8.15. The van der Waals surface area contributed by atoms with E-state index in [1.807, 2.05) is 37.3 Å².